The number of H-pyrrole nitrogens is 1. The molecule has 0 aliphatic carbocycles. The average Bonchev–Trinajstić information content (AvgIpc) is 3.14. The van der Waals surface area contributed by atoms with Crippen molar-refractivity contribution in [2.24, 2.45) is 0 Å². The molecule has 3 rings (SSSR count). The molecular formula is C24H32N2O. The van der Waals surface area contributed by atoms with Gasteiger partial charge in [0.15, 0.2) is 0 Å². The van der Waals surface area contributed by atoms with E-state index in [9.17, 15) is 4.79 Å². The Hall–Kier alpha value is -2.13. The summed E-state index contributed by atoms with van der Waals surface area (Å²) in [6.45, 7) is 12.0. The molecule has 1 aromatic heterocycles. The van der Waals surface area contributed by atoms with Crippen molar-refractivity contribution in [2.75, 3.05) is 19.6 Å². The number of likely N-dealkylation sites (tertiary alicyclic amines) is 1. The first kappa shape index (κ1) is 19.6. The second-order valence-electron chi connectivity index (χ2n) is 8.67. The van der Waals surface area contributed by atoms with Gasteiger partial charge < -0.3 is 9.88 Å². The van der Waals surface area contributed by atoms with Gasteiger partial charge in [-0.15, -0.1) is 0 Å². The SMILES string of the molecule is Cc1ccc(/C(=C/CCN2CCCC2)c2ccc(C(C)(C)C)cc2)[nH]c1=O. The first-order chi connectivity index (χ1) is 12.8. The van der Waals surface area contributed by atoms with Crippen LogP contribution in [0.15, 0.2) is 47.3 Å². The van der Waals surface area contributed by atoms with Gasteiger partial charge in [0.25, 0.3) is 5.56 Å². The highest BCUT2D eigenvalue weighted by Crippen LogP contribution is 2.27. The largest absolute Gasteiger partial charge is 0.322 e. The molecule has 0 saturated carbocycles. The van der Waals surface area contributed by atoms with E-state index in [0.29, 0.717) is 0 Å². The number of nitrogens with zero attached hydrogens (tertiary/aromatic N) is 1. The van der Waals surface area contributed by atoms with Crippen LogP contribution in [-0.4, -0.2) is 29.5 Å². The van der Waals surface area contributed by atoms with Crippen molar-refractivity contribution in [2.45, 2.75) is 52.4 Å². The molecule has 0 unspecified atom stereocenters. The smallest absolute Gasteiger partial charge is 0.251 e. The molecule has 0 spiro atoms. The summed E-state index contributed by atoms with van der Waals surface area (Å²) in [7, 11) is 0. The van der Waals surface area contributed by atoms with Crippen molar-refractivity contribution in [3.8, 4) is 0 Å². The molecule has 1 aliphatic heterocycles. The molecule has 0 amide bonds. The Morgan fingerprint density at radius 2 is 1.74 bits per heavy atom. The van der Waals surface area contributed by atoms with E-state index < -0.39 is 0 Å². The number of nitrogens with one attached hydrogen (secondary N) is 1. The molecule has 1 aliphatic rings. The second kappa shape index (κ2) is 8.26. The Labute approximate surface area is 163 Å². The average molecular weight is 365 g/mol. The Balaban J connectivity index is 1.90. The summed E-state index contributed by atoms with van der Waals surface area (Å²) < 4.78 is 0. The highest BCUT2D eigenvalue weighted by Gasteiger charge is 2.15. The lowest BCUT2D eigenvalue weighted by molar-refractivity contribution is 0.346. The van der Waals surface area contributed by atoms with Gasteiger partial charge in [-0.3, -0.25) is 4.79 Å². The van der Waals surface area contributed by atoms with Crippen LogP contribution in [0.25, 0.3) is 5.57 Å². The number of rotatable bonds is 5. The van der Waals surface area contributed by atoms with Gasteiger partial charge in [-0.05, 0) is 61.9 Å². The molecule has 0 radical (unpaired) electrons. The van der Waals surface area contributed by atoms with E-state index in [1.165, 1.54) is 31.5 Å². The maximum Gasteiger partial charge on any atom is 0.251 e. The molecule has 3 nitrogen and oxygen atoms in total. The van der Waals surface area contributed by atoms with Gasteiger partial charge in [-0.1, -0.05) is 57.2 Å². The summed E-state index contributed by atoms with van der Waals surface area (Å²) in [5.41, 5.74) is 5.37. The summed E-state index contributed by atoms with van der Waals surface area (Å²) in [4.78, 5) is 17.7. The minimum atomic E-state index is -0.00995. The molecule has 27 heavy (non-hydrogen) atoms. The van der Waals surface area contributed by atoms with Gasteiger partial charge in [0, 0.05) is 23.4 Å². The summed E-state index contributed by atoms with van der Waals surface area (Å²) in [6.07, 6.45) is 5.91. The summed E-state index contributed by atoms with van der Waals surface area (Å²) in [5.74, 6) is 0. The second-order valence-corrected chi connectivity index (χ2v) is 8.67. The van der Waals surface area contributed by atoms with Crippen LogP contribution in [0.3, 0.4) is 0 Å². The predicted molar refractivity (Wildman–Crippen MR) is 114 cm³/mol. The van der Waals surface area contributed by atoms with E-state index >= 15 is 0 Å². The number of aryl methyl sites for hydroxylation is 1. The fourth-order valence-electron chi connectivity index (χ4n) is 3.63. The van der Waals surface area contributed by atoms with E-state index in [2.05, 4.69) is 61.0 Å². The van der Waals surface area contributed by atoms with Gasteiger partial charge in [0.1, 0.15) is 0 Å². The number of benzene rings is 1. The van der Waals surface area contributed by atoms with E-state index in [1.54, 1.807) is 0 Å². The van der Waals surface area contributed by atoms with Crippen molar-refractivity contribution < 1.29 is 0 Å². The van der Waals surface area contributed by atoms with Crippen molar-refractivity contribution in [1.29, 1.82) is 0 Å². The van der Waals surface area contributed by atoms with E-state index in [4.69, 9.17) is 0 Å². The van der Waals surface area contributed by atoms with Crippen molar-refractivity contribution in [3.05, 3.63) is 75.2 Å². The zero-order valence-electron chi connectivity index (χ0n) is 17.1. The maximum absolute atomic E-state index is 12.2. The molecule has 3 heteroatoms. The van der Waals surface area contributed by atoms with Crippen LogP contribution in [0.4, 0.5) is 0 Å². The third kappa shape index (κ3) is 4.98. The zero-order valence-corrected chi connectivity index (χ0v) is 17.1. The minimum absolute atomic E-state index is 0.00995. The monoisotopic (exact) mass is 364 g/mol. The minimum Gasteiger partial charge on any atom is -0.322 e. The molecule has 0 bridgehead atoms. The third-order valence-corrected chi connectivity index (χ3v) is 5.45. The fraction of sp³-hybridized carbons (Fsp3) is 0.458. The van der Waals surface area contributed by atoms with Gasteiger partial charge in [0.05, 0.1) is 0 Å². The Bertz CT molecular complexity index is 847. The highest BCUT2D eigenvalue weighted by atomic mass is 16.1. The normalized spacial score (nSPS) is 16.1. The van der Waals surface area contributed by atoms with Gasteiger partial charge >= 0.3 is 0 Å². The van der Waals surface area contributed by atoms with Crippen LogP contribution >= 0.6 is 0 Å². The number of pyridine rings is 1. The lowest BCUT2D eigenvalue weighted by Crippen LogP contribution is -2.19. The molecule has 1 N–H and O–H groups in total. The molecule has 1 saturated heterocycles. The van der Waals surface area contributed by atoms with E-state index in [1.807, 2.05) is 19.1 Å². The number of hydrogen-bond donors (Lipinski definition) is 1. The predicted octanol–water partition coefficient (Wildman–Crippen LogP) is 4.90. The lowest BCUT2D eigenvalue weighted by atomic mass is 9.86. The summed E-state index contributed by atoms with van der Waals surface area (Å²) in [6, 6.07) is 12.7. The highest BCUT2D eigenvalue weighted by molar-refractivity contribution is 5.78. The van der Waals surface area contributed by atoms with Crippen LogP contribution in [0.2, 0.25) is 0 Å². The Kier molecular flexibility index (Phi) is 6.01. The van der Waals surface area contributed by atoms with E-state index in [0.717, 1.165) is 35.4 Å². The van der Waals surface area contributed by atoms with Crippen molar-refractivity contribution in [3.63, 3.8) is 0 Å². The van der Waals surface area contributed by atoms with Crippen LogP contribution in [0.1, 0.15) is 62.4 Å². The quantitative estimate of drug-likeness (QED) is 0.819. The van der Waals surface area contributed by atoms with Gasteiger partial charge in [0.2, 0.25) is 0 Å². The first-order valence-electron chi connectivity index (χ1n) is 10.1. The lowest BCUT2D eigenvalue weighted by Gasteiger charge is -2.20. The van der Waals surface area contributed by atoms with E-state index in [-0.39, 0.29) is 11.0 Å². The van der Waals surface area contributed by atoms with Crippen molar-refractivity contribution >= 4 is 5.57 Å². The van der Waals surface area contributed by atoms with Gasteiger partial charge in [-0.25, -0.2) is 0 Å². The van der Waals surface area contributed by atoms with Crippen LogP contribution in [0.5, 0.6) is 0 Å². The standard InChI is InChI=1S/C24H32N2O/c1-18-9-14-22(25-23(18)27)21(8-7-17-26-15-5-6-16-26)19-10-12-20(13-11-19)24(2,3)4/h8-14H,5-7,15-17H2,1-4H3,(H,25,27)/b21-8+. The summed E-state index contributed by atoms with van der Waals surface area (Å²) in [5, 5.41) is 0. The molecule has 2 heterocycles. The molecule has 2 aromatic rings. The maximum atomic E-state index is 12.2. The van der Waals surface area contributed by atoms with Crippen molar-refractivity contribution in [1.82, 2.24) is 9.88 Å². The molecule has 1 aromatic carbocycles. The Morgan fingerprint density at radius 1 is 1.07 bits per heavy atom. The molecule has 0 atom stereocenters. The Morgan fingerprint density at radius 3 is 2.33 bits per heavy atom. The van der Waals surface area contributed by atoms with Crippen LogP contribution < -0.4 is 5.56 Å². The van der Waals surface area contributed by atoms with Gasteiger partial charge in [-0.2, -0.15) is 0 Å². The third-order valence-electron chi connectivity index (χ3n) is 5.45. The number of aromatic nitrogens is 1. The fourth-order valence-corrected chi connectivity index (χ4v) is 3.63. The molecule has 144 valence electrons. The number of hydrogen-bond acceptors (Lipinski definition) is 2. The first-order valence-corrected chi connectivity index (χ1v) is 10.1. The topological polar surface area (TPSA) is 36.1 Å². The number of aromatic amines is 1. The molecule has 1 fully saturated rings. The van der Waals surface area contributed by atoms with Crippen LogP contribution in [0, 0.1) is 6.92 Å². The zero-order chi connectivity index (χ0) is 19.4. The molecular weight excluding hydrogens is 332 g/mol. The summed E-state index contributed by atoms with van der Waals surface area (Å²) >= 11 is 0. The van der Waals surface area contributed by atoms with Crippen LogP contribution in [-0.2, 0) is 5.41 Å².